The van der Waals surface area contributed by atoms with Crippen molar-refractivity contribution in [1.29, 1.82) is 5.41 Å². The molecule has 1 aromatic heterocycles. The van der Waals surface area contributed by atoms with Crippen LogP contribution in [0, 0.1) is 11.3 Å². The first-order chi connectivity index (χ1) is 8.58. The monoisotopic (exact) mass is 259 g/mol. The molecule has 0 fully saturated rings. The molecule has 3 nitrogen and oxygen atoms in total. The van der Waals surface area contributed by atoms with Crippen molar-refractivity contribution in [2.75, 3.05) is 5.75 Å². The predicted molar refractivity (Wildman–Crippen MR) is 78.3 cm³/mol. The summed E-state index contributed by atoms with van der Waals surface area (Å²) in [6.45, 7) is 4.36. The molecule has 2 aromatic rings. The standard InChI is InChI=1S/C14H17N3S/c1-9(2)8-18-13-7-11(14(15)16)10-5-3-4-6-12(10)17-13/h3-7,9H,8H2,1-2H3,(H3,15,16). The maximum Gasteiger partial charge on any atom is 0.123 e. The molecular weight excluding hydrogens is 242 g/mol. The van der Waals surface area contributed by atoms with Gasteiger partial charge in [0.15, 0.2) is 0 Å². The largest absolute Gasteiger partial charge is 0.384 e. The van der Waals surface area contributed by atoms with E-state index in [4.69, 9.17) is 11.1 Å². The van der Waals surface area contributed by atoms with E-state index in [1.807, 2.05) is 30.3 Å². The molecule has 0 saturated heterocycles. The van der Waals surface area contributed by atoms with Crippen molar-refractivity contribution in [3.63, 3.8) is 0 Å². The number of fused-ring (bicyclic) bond motifs is 1. The minimum atomic E-state index is 0.0972. The molecule has 0 bridgehead atoms. The van der Waals surface area contributed by atoms with Crippen molar-refractivity contribution in [2.24, 2.45) is 11.7 Å². The highest BCUT2D eigenvalue weighted by atomic mass is 32.2. The summed E-state index contributed by atoms with van der Waals surface area (Å²) in [6, 6.07) is 9.72. The summed E-state index contributed by atoms with van der Waals surface area (Å²) in [5.74, 6) is 1.73. The van der Waals surface area contributed by atoms with Crippen molar-refractivity contribution in [2.45, 2.75) is 18.9 Å². The van der Waals surface area contributed by atoms with E-state index in [0.717, 1.165) is 27.2 Å². The van der Waals surface area contributed by atoms with Gasteiger partial charge in [0, 0.05) is 16.7 Å². The Balaban J connectivity index is 2.47. The van der Waals surface area contributed by atoms with Crippen LogP contribution in [0.4, 0.5) is 0 Å². The second kappa shape index (κ2) is 5.40. The Labute approximate surface area is 111 Å². The Hall–Kier alpha value is -1.55. The van der Waals surface area contributed by atoms with Gasteiger partial charge in [-0.1, -0.05) is 32.0 Å². The highest BCUT2D eigenvalue weighted by Gasteiger charge is 2.08. The zero-order valence-electron chi connectivity index (χ0n) is 10.6. The number of para-hydroxylation sites is 1. The van der Waals surface area contributed by atoms with Crippen molar-refractivity contribution in [3.8, 4) is 0 Å². The summed E-state index contributed by atoms with van der Waals surface area (Å²) >= 11 is 1.71. The van der Waals surface area contributed by atoms with Gasteiger partial charge in [0.2, 0.25) is 0 Å². The van der Waals surface area contributed by atoms with Crippen LogP contribution in [0.3, 0.4) is 0 Å². The molecule has 0 saturated carbocycles. The molecule has 0 radical (unpaired) electrons. The first kappa shape index (κ1) is 12.9. The van der Waals surface area contributed by atoms with Crippen LogP contribution in [-0.4, -0.2) is 16.6 Å². The van der Waals surface area contributed by atoms with E-state index in [-0.39, 0.29) is 5.84 Å². The fourth-order valence-corrected chi connectivity index (χ4v) is 2.57. The summed E-state index contributed by atoms with van der Waals surface area (Å²) in [6.07, 6.45) is 0. The second-order valence-corrected chi connectivity index (χ2v) is 5.68. The third kappa shape index (κ3) is 2.82. The fourth-order valence-electron chi connectivity index (χ4n) is 1.70. The summed E-state index contributed by atoms with van der Waals surface area (Å²) in [7, 11) is 0. The number of aromatic nitrogens is 1. The van der Waals surface area contributed by atoms with Crippen LogP contribution in [0.2, 0.25) is 0 Å². The van der Waals surface area contributed by atoms with E-state index in [1.165, 1.54) is 0 Å². The number of nitrogens with zero attached hydrogens (tertiary/aromatic N) is 1. The Morgan fingerprint density at radius 1 is 1.39 bits per heavy atom. The van der Waals surface area contributed by atoms with Crippen LogP contribution >= 0.6 is 11.8 Å². The van der Waals surface area contributed by atoms with Crippen LogP contribution in [0.25, 0.3) is 10.9 Å². The lowest BCUT2D eigenvalue weighted by Crippen LogP contribution is -2.12. The van der Waals surface area contributed by atoms with Gasteiger partial charge in [0.05, 0.1) is 10.5 Å². The van der Waals surface area contributed by atoms with Gasteiger partial charge < -0.3 is 5.73 Å². The number of hydrogen-bond donors (Lipinski definition) is 2. The van der Waals surface area contributed by atoms with E-state index in [0.29, 0.717) is 5.92 Å². The van der Waals surface area contributed by atoms with Gasteiger partial charge in [-0.25, -0.2) is 4.98 Å². The highest BCUT2D eigenvalue weighted by molar-refractivity contribution is 7.99. The number of hydrogen-bond acceptors (Lipinski definition) is 3. The Bertz CT molecular complexity index is 578. The van der Waals surface area contributed by atoms with Crippen molar-refractivity contribution in [1.82, 2.24) is 4.98 Å². The molecule has 18 heavy (non-hydrogen) atoms. The van der Waals surface area contributed by atoms with Crippen LogP contribution in [0.1, 0.15) is 19.4 Å². The third-order valence-electron chi connectivity index (χ3n) is 2.55. The average molecular weight is 259 g/mol. The lowest BCUT2D eigenvalue weighted by atomic mass is 10.1. The van der Waals surface area contributed by atoms with Gasteiger partial charge in [0.1, 0.15) is 5.84 Å². The van der Waals surface area contributed by atoms with Gasteiger partial charge in [-0.05, 0) is 18.1 Å². The van der Waals surface area contributed by atoms with E-state index >= 15 is 0 Å². The Kier molecular flexibility index (Phi) is 3.87. The summed E-state index contributed by atoms with van der Waals surface area (Å²) in [4.78, 5) is 4.60. The quantitative estimate of drug-likeness (QED) is 0.503. The molecule has 1 aromatic carbocycles. The normalized spacial score (nSPS) is 11.1. The molecular formula is C14H17N3S. The molecule has 4 heteroatoms. The van der Waals surface area contributed by atoms with Crippen molar-refractivity contribution >= 4 is 28.5 Å². The van der Waals surface area contributed by atoms with E-state index in [1.54, 1.807) is 11.8 Å². The van der Waals surface area contributed by atoms with Crippen molar-refractivity contribution in [3.05, 3.63) is 35.9 Å². The first-order valence-corrected chi connectivity index (χ1v) is 6.93. The van der Waals surface area contributed by atoms with Gasteiger partial charge >= 0.3 is 0 Å². The molecule has 2 rings (SSSR count). The number of amidine groups is 1. The number of rotatable bonds is 4. The molecule has 0 aliphatic heterocycles. The summed E-state index contributed by atoms with van der Waals surface area (Å²) in [5, 5.41) is 9.55. The second-order valence-electron chi connectivity index (χ2n) is 4.64. The average Bonchev–Trinajstić information content (AvgIpc) is 2.35. The molecule has 0 aliphatic carbocycles. The summed E-state index contributed by atoms with van der Waals surface area (Å²) in [5.41, 5.74) is 7.32. The SMILES string of the molecule is CC(C)CSc1cc(C(=N)N)c2ccccc2n1. The molecule has 3 N–H and O–H groups in total. The third-order valence-corrected chi connectivity index (χ3v) is 3.89. The number of benzene rings is 1. The molecule has 0 spiro atoms. The molecule has 0 aliphatic rings. The van der Waals surface area contributed by atoms with Gasteiger partial charge in [-0.2, -0.15) is 0 Å². The molecule has 1 heterocycles. The topological polar surface area (TPSA) is 62.8 Å². The van der Waals surface area contributed by atoms with Crippen LogP contribution in [-0.2, 0) is 0 Å². The van der Waals surface area contributed by atoms with Crippen LogP contribution in [0.15, 0.2) is 35.4 Å². The number of thioether (sulfide) groups is 1. The zero-order chi connectivity index (χ0) is 13.1. The fraction of sp³-hybridized carbons (Fsp3) is 0.286. The molecule has 0 unspecified atom stereocenters. The minimum Gasteiger partial charge on any atom is -0.384 e. The Morgan fingerprint density at radius 3 is 2.78 bits per heavy atom. The van der Waals surface area contributed by atoms with E-state index in [9.17, 15) is 0 Å². The summed E-state index contributed by atoms with van der Waals surface area (Å²) < 4.78 is 0. The first-order valence-electron chi connectivity index (χ1n) is 5.95. The van der Waals surface area contributed by atoms with E-state index < -0.39 is 0 Å². The van der Waals surface area contributed by atoms with E-state index in [2.05, 4.69) is 18.8 Å². The maximum absolute atomic E-state index is 7.67. The lowest BCUT2D eigenvalue weighted by molar-refractivity contribution is 0.749. The molecule has 94 valence electrons. The number of pyridine rings is 1. The number of nitrogens with two attached hydrogens (primary N) is 1. The van der Waals surface area contributed by atoms with Gasteiger partial charge in [-0.3, -0.25) is 5.41 Å². The molecule has 0 amide bonds. The Morgan fingerprint density at radius 2 is 2.11 bits per heavy atom. The van der Waals surface area contributed by atoms with Gasteiger partial charge in [0.25, 0.3) is 0 Å². The number of nitrogens with one attached hydrogen (secondary N) is 1. The smallest absolute Gasteiger partial charge is 0.123 e. The number of nitrogen functional groups attached to an aromatic ring is 1. The van der Waals surface area contributed by atoms with Gasteiger partial charge in [-0.15, -0.1) is 11.8 Å². The zero-order valence-corrected chi connectivity index (χ0v) is 11.4. The predicted octanol–water partition coefficient (Wildman–Crippen LogP) is 3.27. The van der Waals surface area contributed by atoms with Crippen LogP contribution in [0.5, 0.6) is 0 Å². The highest BCUT2D eigenvalue weighted by Crippen LogP contribution is 2.25. The lowest BCUT2D eigenvalue weighted by Gasteiger charge is -2.09. The minimum absolute atomic E-state index is 0.0972. The maximum atomic E-state index is 7.67. The van der Waals surface area contributed by atoms with Crippen molar-refractivity contribution < 1.29 is 0 Å². The molecule has 0 atom stereocenters. The van der Waals surface area contributed by atoms with Crippen LogP contribution < -0.4 is 5.73 Å².